The van der Waals surface area contributed by atoms with Gasteiger partial charge in [-0.05, 0) is 40.5 Å². The van der Waals surface area contributed by atoms with Gasteiger partial charge >= 0.3 is 0 Å². The number of benzene rings is 1. The first kappa shape index (κ1) is 16.1. The lowest BCUT2D eigenvalue weighted by Crippen LogP contribution is -2.32. The van der Waals surface area contributed by atoms with E-state index in [9.17, 15) is 8.42 Å². The molecule has 0 aromatic heterocycles. The molecule has 0 saturated carbocycles. The van der Waals surface area contributed by atoms with Crippen LogP contribution in [0.1, 0.15) is 26.7 Å². The first-order chi connectivity index (χ1) is 8.43. The quantitative estimate of drug-likeness (QED) is 0.725. The molecule has 1 aromatic carbocycles. The molecular weight excluding hydrogens is 382 g/mol. The van der Waals surface area contributed by atoms with Crippen LogP contribution in [0.25, 0.3) is 0 Å². The molecular formula is C12H17Br2NO2S. The van der Waals surface area contributed by atoms with Crippen LogP contribution in [-0.2, 0) is 10.0 Å². The van der Waals surface area contributed by atoms with Crippen molar-refractivity contribution in [3.8, 4) is 0 Å². The largest absolute Gasteiger partial charge is 0.244 e. The van der Waals surface area contributed by atoms with E-state index in [0.29, 0.717) is 22.5 Å². The van der Waals surface area contributed by atoms with Crippen molar-refractivity contribution in [3.05, 3.63) is 27.1 Å². The van der Waals surface area contributed by atoms with Gasteiger partial charge < -0.3 is 0 Å². The van der Waals surface area contributed by atoms with E-state index < -0.39 is 10.0 Å². The number of hydrogen-bond acceptors (Lipinski definition) is 2. The molecule has 102 valence electrons. The van der Waals surface area contributed by atoms with Gasteiger partial charge in [-0.1, -0.05) is 36.2 Å². The molecule has 0 N–H and O–H groups in total. The van der Waals surface area contributed by atoms with Gasteiger partial charge in [0.1, 0.15) is 0 Å². The zero-order valence-electron chi connectivity index (χ0n) is 10.5. The van der Waals surface area contributed by atoms with Crippen LogP contribution in [-0.4, -0.2) is 25.8 Å². The van der Waals surface area contributed by atoms with Gasteiger partial charge in [0, 0.05) is 22.0 Å². The highest BCUT2D eigenvalue weighted by Crippen LogP contribution is 2.28. The van der Waals surface area contributed by atoms with Crippen molar-refractivity contribution in [2.45, 2.75) is 31.6 Å². The van der Waals surface area contributed by atoms with Crippen LogP contribution in [0.3, 0.4) is 0 Å². The van der Waals surface area contributed by atoms with Gasteiger partial charge in [0.2, 0.25) is 10.0 Å². The Morgan fingerprint density at radius 2 is 1.89 bits per heavy atom. The lowest BCUT2D eigenvalue weighted by Gasteiger charge is -2.21. The fraction of sp³-hybridized carbons (Fsp3) is 0.500. The summed E-state index contributed by atoms with van der Waals surface area (Å²) in [6.45, 7) is 4.96. The molecule has 0 saturated heterocycles. The summed E-state index contributed by atoms with van der Waals surface area (Å²) >= 11 is 6.61. The van der Waals surface area contributed by atoms with Gasteiger partial charge in [-0.2, -0.15) is 4.31 Å². The van der Waals surface area contributed by atoms with Crippen molar-refractivity contribution in [3.63, 3.8) is 0 Å². The van der Waals surface area contributed by atoms with Crippen LogP contribution in [0.2, 0.25) is 0 Å². The summed E-state index contributed by atoms with van der Waals surface area (Å²) in [7, 11) is -3.42. The molecule has 1 aromatic rings. The number of unbranched alkanes of at least 4 members (excludes halogenated alkanes) is 1. The van der Waals surface area contributed by atoms with Gasteiger partial charge in [0.25, 0.3) is 0 Å². The van der Waals surface area contributed by atoms with Crippen LogP contribution in [0.15, 0.2) is 32.0 Å². The minimum absolute atomic E-state index is 0.315. The zero-order chi connectivity index (χ0) is 13.8. The minimum Gasteiger partial charge on any atom is -0.207 e. The number of rotatable bonds is 6. The Labute approximate surface area is 126 Å². The van der Waals surface area contributed by atoms with Crippen LogP contribution in [0.4, 0.5) is 0 Å². The third kappa shape index (κ3) is 3.79. The maximum Gasteiger partial charge on any atom is 0.244 e. The van der Waals surface area contributed by atoms with Crippen molar-refractivity contribution >= 4 is 41.9 Å². The molecule has 1 rings (SSSR count). The molecule has 0 aliphatic rings. The number of hydrogen-bond donors (Lipinski definition) is 0. The number of sulfonamides is 1. The SMILES string of the molecule is CCCCN(CC)S(=O)(=O)c1cc(Br)ccc1Br. The third-order valence-corrected chi connectivity index (χ3v) is 6.09. The molecule has 0 unspecified atom stereocenters. The second-order valence-corrected chi connectivity index (χ2v) is 7.60. The van der Waals surface area contributed by atoms with Gasteiger partial charge in [-0.25, -0.2) is 8.42 Å². The fourth-order valence-corrected chi connectivity index (χ4v) is 4.55. The molecule has 0 bridgehead atoms. The molecule has 0 aliphatic heterocycles. The maximum absolute atomic E-state index is 12.5. The molecule has 0 spiro atoms. The molecule has 0 heterocycles. The molecule has 0 fully saturated rings. The van der Waals surface area contributed by atoms with Crippen LogP contribution in [0, 0.1) is 0 Å². The first-order valence-corrected chi connectivity index (χ1v) is 8.91. The summed E-state index contributed by atoms with van der Waals surface area (Å²) in [5.74, 6) is 0. The summed E-state index contributed by atoms with van der Waals surface area (Å²) in [6.07, 6.45) is 1.85. The normalized spacial score (nSPS) is 12.1. The Bertz CT molecular complexity index is 503. The molecule has 0 atom stereocenters. The van der Waals surface area contributed by atoms with Crippen molar-refractivity contribution in [2.24, 2.45) is 0 Å². The van der Waals surface area contributed by atoms with Gasteiger partial charge in [-0.15, -0.1) is 0 Å². The summed E-state index contributed by atoms with van der Waals surface area (Å²) in [5.41, 5.74) is 0. The molecule has 0 aliphatic carbocycles. The topological polar surface area (TPSA) is 37.4 Å². The average Bonchev–Trinajstić information content (AvgIpc) is 2.33. The van der Waals surface area contributed by atoms with Crippen LogP contribution < -0.4 is 0 Å². The van der Waals surface area contributed by atoms with Crippen LogP contribution in [0.5, 0.6) is 0 Å². The van der Waals surface area contributed by atoms with Crippen molar-refractivity contribution in [1.82, 2.24) is 4.31 Å². The Morgan fingerprint density at radius 1 is 1.22 bits per heavy atom. The maximum atomic E-state index is 12.5. The van der Waals surface area contributed by atoms with Gasteiger partial charge in [0.05, 0.1) is 4.90 Å². The van der Waals surface area contributed by atoms with Crippen molar-refractivity contribution < 1.29 is 8.42 Å². The predicted molar refractivity (Wildman–Crippen MR) is 81.2 cm³/mol. The van der Waals surface area contributed by atoms with E-state index in [-0.39, 0.29) is 0 Å². The molecule has 0 radical (unpaired) electrons. The number of nitrogens with zero attached hydrogens (tertiary/aromatic N) is 1. The summed E-state index contributed by atoms with van der Waals surface area (Å²) in [4.78, 5) is 0.315. The summed E-state index contributed by atoms with van der Waals surface area (Å²) in [6, 6.07) is 5.18. The highest BCUT2D eigenvalue weighted by molar-refractivity contribution is 9.11. The smallest absolute Gasteiger partial charge is 0.207 e. The summed E-state index contributed by atoms with van der Waals surface area (Å²) < 4.78 is 27.9. The Balaban J connectivity index is 3.14. The second-order valence-electron chi connectivity index (χ2n) is 3.93. The monoisotopic (exact) mass is 397 g/mol. The van der Waals surface area contributed by atoms with Gasteiger partial charge in [-0.3, -0.25) is 0 Å². The second kappa shape index (κ2) is 7.03. The predicted octanol–water partition coefficient (Wildman–Crippen LogP) is 4.02. The minimum atomic E-state index is -3.42. The van der Waals surface area contributed by atoms with E-state index >= 15 is 0 Å². The van der Waals surface area contributed by atoms with E-state index in [0.717, 1.165) is 17.3 Å². The summed E-state index contributed by atoms with van der Waals surface area (Å²) in [5, 5.41) is 0. The Hall–Kier alpha value is 0.0900. The highest BCUT2D eigenvalue weighted by Gasteiger charge is 2.24. The van der Waals surface area contributed by atoms with E-state index in [1.165, 1.54) is 4.31 Å². The van der Waals surface area contributed by atoms with E-state index in [1.54, 1.807) is 12.1 Å². The van der Waals surface area contributed by atoms with Crippen molar-refractivity contribution in [2.75, 3.05) is 13.1 Å². The van der Waals surface area contributed by atoms with E-state index in [1.807, 2.05) is 13.0 Å². The zero-order valence-corrected chi connectivity index (χ0v) is 14.5. The van der Waals surface area contributed by atoms with Crippen LogP contribution >= 0.6 is 31.9 Å². The molecule has 18 heavy (non-hydrogen) atoms. The fourth-order valence-electron chi connectivity index (χ4n) is 1.60. The Kier molecular flexibility index (Phi) is 6.30. The average molecular weight is 399 g/mol. The lowest BCUT2D eigenvalue weighted by molar-refractivity contribution is 0.418. The highest BCUT2D eigenvalue weighted by atomic mass is 79.9. The molecule has 6 heteroatoms. The third-order valence-electron chi connectivity index (χ3n) is 2.62. The molecule has 3 nitrogen and oxygen atoms in total. The Morgan fingerprint density at radius 3 is 2.44 bits per heavy atom. The van der Waals surface area contributed by atoms with E-state index in [4.69, 9.17) is 0 Å². The standard InChI is InChI=1S/C12H17Br2NO2S/c1-3-5-8-15(4-2)18(16,17)12-9-10(13)6-7-11(12)14/h6-7,9H,3-5,8H2,1-2H3. The molecule has 0 amide bonds. The van der Waals surface area contributed by atoms with E-state index in [2.05, 4.69) is 38.8 Å². The van der Waals surface area contributed by atoms with Gasteiger partial charge in [0.15, 0.2) is 0 Å². The first-order valence-electron chi connectivity index (χ1n) is 5.88. The lowest BCUT2D eigenvalue weighted by atomic mass is 10.3. The number of halogens is 2. The van der Waals surface area contributed by atoms with Crippen molar-refractivity contribution in [1.29, 1.82) is 0 Å².